The van der Waals surface area contributed by atoms with Crippen LogP contribution < -0.4 is 5.84 Å². The van der Waals surface area contributed by atoms with Crippen LogP contribution in [0, 0.1) is 5.82 Å². The van der Waals surface area contributed by atoms with Crippen LogP contribution in [0.5, 0.6) is 0 Å². The number of hydrogen-bond acceptors (Lipinski definition) is 6. The van der Waals surface area contributed by atoms with E-state index < -0.39 is 0 Å². The number of aromatic nitrogens is 3. The van der Waals surface area contributed by atoms with E-state index in [4.69, 9.17) is 21.9 Å². The highest BCUT2D eigenvalue weighted by Crippen LogP contribution is 2.25. The number of furan rings is 1. The lowest BCUT2D eigenvalue weighted by molar-refractivity contribution is -0.127. The van der Waals surface area contributed by atoms with E-state index in [1.807, 2.05) is 24.3 Å². The van der Waals surface area contributed by atoms with Crippen molar-refractivity contribution in [1.82, 2.24) is 19.8 Å². The largest absolute Gasteiger partial charge is 0.459 e. The smallest absolute Gasteiger partial charge is 0.233 e. The fraction of sp³-hybridized carbons (Fsp3) is 0.136. The Morgan fingerprint density at radius 3 is 2.50 bits per heavy atom. The first-order valence-electron chi connectivity index (χ1n) is 9.58. The normalized spacial score (nSPS) is 11.0. The summed E-state index contributed by atoms with van der Waals surface area (Å²) in [5, 5.41) is 9.11. The average molecular weight is 472 g/mol. The summed E-state index contributed by atoms with van der Waals surface area (Å²) in [6, 6.07) is 16.8. The first-order valence-corrected chi connectivity index (χ1v) is 10.9. The number of benzene rings is 2. The SMILES string of the molecule is CN(Cc1ccc(-c2ccc(Cl)cc2)o1)C(=O)CSc1nnc(-c2ccc(F)cc2)n1N. The molecule has 10 heteroatoms. The highest BCUT2D eigenvalue weighted by Gasteiger charge is 2.17. The summed E-state index contributed by atoms with van der Waals surface area (Å²) in [5.74, 6) is 7.47. The zero-order chi connectivity index (χ0) is 22.7. The quantitative estimate of drug-likeness (QED) is 0.316. The Hall–Kier alpha value is -3.30. The molecule has 0 saturated heterocycles. The Morgan fingerprint density at radius 1 is 1.09 bits per heavy atom. The Balaban J connectivity index is 1.35. The monoisotopic (exact) mass is 471 g/mol. The lowest BCUT2D eigenvalue weighted by Gasteiger charge is -2.15. The van der Waals surface area contributed by atoms with Crippen LogP contribution in [0.2, 0.25) is 5.02 Å². The first kappa shape index (κ1) is 21.9. The Kier molecular flexibility index (Phi) is 6.48. The van der Waals surface area contributed by atoms with Crippen LogP contribution in [-0.2, 0) is 11.3 Å². The van der Waals surface area contributed by atoms with E-state index in [-0.39, 0.29) is 17.5 Å². The van der Waals surface area contributed by atoms with E-state index in [1.165, 1.54) is 28.6 Å². The van der Waals surface area contributed by atoms with Crippen molar-refractivity contribution >= 4 is 29.3 Å². The maximum atomic E-state index is 13.1. The summed E-state index contributed by atoms with van der Waals surface area (Å²) in [6.45, 7) is 0.323. The van der Waals surface area contributed by atoms with Gasteiger partial charge in [-0.3, -0.25) is 4.79 Å². The Bertz CT molecular complexity index is 1220. The Labute approximate surface area is 193 Å². The van der Waals surface area contributed by atoms with Crippen LogP contribution in [-0.4, -0.2) is 38.5 Å². The van der Waals surface area contributed by atoms with Gasteiger partial charge in [0.05, 0.1) is 12.3 Å². The number of nitrogens with two attached hydrogens (primary N) is 1. The molecule has 7 nitrogen and oxygen atoms in total. The van der Waals surface area contributed by atoms with Crippen LogP contribution in [0.4, 0.5) is 4.39 Å². The van der Waals surface area contributed by atoms with Crippen molar-refractivity contribution in [3.8, 4) is 22.7 Å². The van der Waals surface area contributed by atoms with Gasteiger partial charge in [-0.1, -0.05) is 23.4 Å². The van der Waals surface area contributed by atoms with Crippen LogP contribution in [0.3, 0.4) is 0 Å². The molecule has 164 valence electrons. The summed E-state index contributed by atoms with van der Waals surface area (Å²) in [4.78, 5) is 14.1. The molecule has 2 aromatic heterocycles. The summed E-state index contributed by atoms with van der Waals surface area (Å²) < 4.78 is 20.3. The van der Waals surface area contributed by atoms with Crippen LogP contribution in [0.25, 0.3) is 22.7 Å². The van der Waals surface area contributed by atoms with Gasteiger partial charge in [-0.25, -0.2) is 9.07 Å². The molecule has 4 rings (SSSR count). The third kappa shape index (κ3) is 4.95. The molecular weight excluding hydrogens is 453 g/mol. The molecule has 0 aliphatic heterocycles. The lowest BCUT2D eigenvalue weighted by atomic mass is 10.2. The van der Waals surface area contributed by atoms with Crippen molar-refractivity contribution in [2.24, 2.45) is 0 Å². The standard InChI is InChI=1S/C22H19ClFN5O2S/c1-28(12-18-10-11-19(31-18)14-2-6-16(23)7-3-14)20(30)13-32-22-27-26-21(29(22)25)15-4-8-17(24)9-5-15/h2-11H,12-13,25H2,1H3. The second kappa shape index (κ2) is 9.46. The number of hydrogen-bond donors (Lipinski definition) is 1. The fourth-order valence-corrected chi connectivity index (χ4v) is 3.88. The predicted octanol–water partition coefficient (Wildman–Crippen LogP) is 4.46. The van der Waals surface area contributed by atoms with E-state index in [9.17, 15) is 9.18 Å². The van der Waals surface area contributed by atoms with E-state index in [1.54, 1.807) is 36.2 Å². The first-order chi connectivity index (χ1) is 15.4. The van der Waals surface area contributed by atoms with Crippen molar-refractivity contribution in [2.75, 3.05) is 18.6 Å². The minimum absolute atomic E-state index is 0.120. The van der Waals surface area contributed by atoms with Crippen LogP contribution >= 0.6 is 23.4 Å². The Morgan fingerprint density at radius 2 is 1.78 bits per heavy atom. The summed E-state index contributed by atoms with van der Waals surface area (Å²) in [7, 11) is 1.70. The number of carbonyl (C=O) groups is 1. The highest BCUT2D eigenvalue weighted by atomic mass is 35.5. The second-order valence-corrected chi connectivity index (χ2v) is 8.37. The predicted molar refractivity (Wildman–Crippen MR) is 122 cm³/mol. The van der Waals surface area contributed by atoms with Gasteiger partial charge in [-0.2, -0.15) is 0 Å². The van der Waals surface area contributed by atoms with Gasteiger partial charge >= 0.3 is 0 Å². The number of thioether (sulfide) groups is 1. The van der Waals surface area contributed by atoms with Crippen molar-refractivity contribution in [1.29, 1.82) is 0 Å². The number of halogens is 2. The molecule has 0 fully saturated rings. The fourth-order valence-electron chi connectivity index (χ4n) is 2.96. The van der Waals surface area contributed by atoms with Gasteiger partial charge in [0.25, 0.3) is 0 Å². The molecule has 1 amide bonds. The van der Waals surface area contributed by atoms with Crippen molar-refractivity contribution in [3.05, 3.63) is 77.3 Å². The molecule has 0 atom stereocenters. The maximum absolute atomic E-state index is 13.1. The van der Waals surface area contributed by atoms with Gasteiger partial charge < -0.3 is 15.2 Å². The molecule has 0 saturated carbocycles. The number of rotatable bonds is 7. The number of amides is 1. The van der Waals surface area contributed by atoms with Crippen LogP contribution in [0.1, 0.15) is 5.76 Å². The third-order valence-electron chi connectivity index (χ3n) is 4.70. The summed E-state index contributed by atoms with van der Waals surface area (Å²) in [6.07, 6.45) is 0. The van der Waals surface area contributed by atoms with Crippen molar-refractivity contribution < 1.29 is 13.6 Å². The van der Waals surface area contributed by atoms with Crippen molar-refractivity contribution in [2.45, 2.75) is 11.7 Å². The second-order valence-electron chi connectivity index (χ2n) is 6.99. The maximum Gasteiger partial charge on any atom is 0.233 e. The van der Waals surface area contributed by atoms with Crippen LogP contribution in [0.15, 0.2) is 70.2 Å². The van der Waals surface area contributed by atoms with E-state index in [2.05, 4.69) is 10.2 Å². The third-order valence-corrected chi connectivity index (χ3v) is 5.88. The molecule has 2 heterocycles. The van der Waals surface area contributed by atoms with Crippen molar-refractivity contribution in [3.63, 3.8) is 0 Å². The van der Waals surface area contributed by atoms with Gasteiger partial charge in [0.15, 0.2) is 5.82 Å². The summed E-state index contributed by atoms with van der Waals surface area (Å²) in [5.41, 5.74) is 1.54. The highest BCUT2D eigenvalue weighted by molar-refractivity contribution is 7.99. The van der Waals surface area contributed by atoms with Gasteiger partial charge in [0.2, 0.25) is 11.1 Å². The molecule has 32 heavy (non-hydrogen) atoms. The molecule has 2 N–H and O–H groups in total. The minimum atomic E-state index is -0.350. The molecule has 4 aromatic rings. The molecule has 0 bridgehead atoms. The van der Waals surface area contributed by atoms with E-state index in [0.717, 1.165) is 5.56 Å². The number of carbonyl (C=O) groups excluding carboxylic acids is 1. The lowest BCUT2D eigenvalue weighted by Crippen LogP contribution is -2.27. The van der Waals surface area contributed by atoms with Gasteiger partial charge in [0, 0.05) is 23.2 Å². The zero-order valence-electron chi connectivity index (χ0n) is 17.0. The molecular formula is C22H19ClFN5O2S. The van der Waals surface area contributed by atoms with Gasteiger partial charge in [-0.15, -0.1) is 10.2 Å². The number of nitrogens with zero attached hydrogens (tertiary/aromatic N) is 4. The molecule has 0 spiro atoms. The van der Waals surface area contributed by atoms with E-state index >= 15 is 0 Å². The minimum Gasteiger partial charge on any atom is -0.459 e. The average Bonchev–Trinajstić information content (AvgIpc) is 3.40. The van der Waals surface area contributed by atoms with E-state index in [0.29, 0.717) is 39.6 Å². The summed E-state index contributed by atoms with van der Waals surface area (Å²) >= 11 is 7.09. The number of nitrogen functional groups attached to an aromatic ring is 1. The molecule has 2 aromatic carbocycles. The molecule has 0 radical (unpaired) electrons. The molecule has 0 aliphatic rings. The molecule has 0 unspecified atom stereocenters. The zero-order valence-corrected chi connectivity index (χ0v) is 18.6. The topological polar surface area (TPSA) is 90.2 Å². The van der Waals surface area contributed by atoms with Gasteiger partial charge in [-0.05, 0) is 60.7 Å². The van der Waals surface area contributed by atoms with Gasteiger partial charge in [0.1, 0.15) is 17.3 Å². The molecule has 0 aliphatic carbocycles.